The number of hydrogen-bond acceptors (Lipinski definition) is 3. The first-order chi connectivity index (χ1) is 11.1. The van der Waals surface area contributed by atoms with Gasteiger partial charge in [0, 0.05) is 37.2 Å². The lowest BCUT2D eigenvalue weighted by molar-refractivity contribution is -0.126. The number of carbonyl (C=O) groups is 2. The van der Waals surface area contributed by atoms with E-state index in [0.717, 1.165) is 25.7 Å². The molecule has 1 aromatic rings. The second-order valence-electron chi connectivity index (χ2n) is 6.09. The molecule has 2 heterocycles. The van der Waals surface area contributed by atoms with E-state index in [2.05, 4.69) is 22.5 Å². The summed E-state index contributed by atoms with van der Waals surface area (Å²) in [5, 5.41) is 5.84. The predicted octanol–water partition coefficient (Wildman–Crippen LogP) is 2.63. The molecule has 0 spiro atoms. The van der Waals surface area contributed by atoms with Crippen LogP contribution in [0.2, 0.25) is 0 Å². The Kier molecular flexibility index (Phi) is 6.38. The number of piperidine rings is 1. The van der Waals surface area contributed by atoms with E-state index < -0.39 is 0 Å². The number of carbonyl (C=O) groups excluding carboxylic acids is 2. The van der Waals surface area contributed by atoms with E-state index in [1.807, 2.05) is 6.92 Å². The normalized spacial score (nSPS) is 20.9. The third-order valence-electron chi connectivity index (χ3n) is 4.27. The Hall–Kier alpha value is -2.11. The number of likely N-dealkylation sites (tertiary alicyclic amines) is 1. The highest BCUT2D eigenvalue weighted by Crippen LogP contribution is 2.23. The summed E-state index contributed by atoms with van der Waals surface area (Å²) in [6, 6.07) is 3.48. The lowest BCUT2D eigenvalue weighted by Gasteiger charge is -2.37. The van der Waals surface area contributed by atoms with Crippen molar-refractivity contribution in [3.05, 3.63) is 24.5 Å². The van der Waals surface area contributed by atoms with E-state index in [9.17, 15) is 9.59 Å². The second kappa shape index (κ2) is 8.50. The lowest BCUT2D eigenvalue weighted by Crippen LogP contribution is -2.50. The van der Waals surface area contributed by atoms with Crippen LogP contribution in [0.1, 0.15) is 39.5 Å². The van der Waals surface area contributed by atoms with Crippen molar-refractivity contribution in [2.24, 2.45) is 5.92 Å². The van der Waals surface area contributed by atoms with Crippen molar-refractivity contribution < 1.29 is 9.59 Å². The van der Waals surface area contributed by atoms with Crippen LogP contribution in [0.3, 0.4) is 0 Å². The molecule has 2 N–H and O–H groups in total. The van der Waals surface area contributed by atoms with Gasteiger partial charge in [-0.15, -0.1) is 0 Å². The molecule has 0 saturated carbocycles. The third-order valence-corrected chi connectivity index (χ3v) is 4.27. The monoisotopic (exact) mass is 318 g/mol. The molecule has 126 valence electrons. The summed E-state index contributed by atoms with van der Waals surface area (Å²) in [5.74, 6) is -0.0571. The number of nitrogens with zero attached hydrogens (tertiary/aromatic N) is 2. The molecule has 0 unspecified atom stereocenters. The van der Waals surface area contributed by atoms with Gasteiger partial charge in [-0.1, -0.05) is 13.3 Å². The van der Waals surface area contributed by atoms with Crippen molar-refractivity contribution in [3.8, 4) is 0 Å². The van der Waals surface area contributed by atoms with Crippen molar-refractivity contribution in [2.45, 2.75) is 45.6 Å². The van der Waals surface area contributed by atoms with Gasteiger partial charge in [0.15, 0.2) is 0 Å². The van der Waals surface area contributed by atoms with Crippen LogP contribution >= 0.6 is 0 Å². The second-order valence-corrected chi connectivity index (χ2v) is 6.09. The fraction of sp³-hybridized carbons (Fsp3) is 0.588. The van der Waals surface area contributed by atoms with Gasteiger partial charge in [-0.05, 0) is 38.3 Å². The van der Waals surface area contributed by atoms with E-state index in [-0.39, 0.29) is 23.9 Å². The number of unbranched alkanes of at least 4 members (excludes halogenated alkanes) is 1. The number of urea groups is 1. The van der Waals surface area contributed by atoms with Crippen LogP contribution in [0.15, 0.2) is 24.5 Å². The molecule has 1 aliphatic rings. The molecule has 0 bridgehead atoms. The third kappa shape index (κ3) is 4.94. The molecule has 1 aromatic heterocycles. The summed E-state index contributed by atoms with van der Waals surface area (Å²) in [6.45, 7) is 5.30. The van der Waals surface area contributed by atoms with Crippen molar-refractivity contribution in [2.75, 3.05) is 18.4 Å². The Balaban J connectivity index is 1.92. The van der Waals surface area contributed by atoms with Gasteiger partial charge in [0.05, 0.1) is 5.92 Å². The largest absolute Gasteiger partial charge is 0.356 e. The fourth-order valence-electron chi connectivity index (χ4n) is 2.77. The molecule has 1 saturated heterocycles. The van der Waals surface area contributed by atoms with Crippen LogP contribution < -0.4 is 10.6 Å². The van der Waals surface area contributed by atoms with Crippen molar-refractivity contribution in [1.29, 1.82) is 0 Å². The van der Waals surface area contributed by atoms with Crippen LogP contribution in [0.4, 0.5) is 10.5 Å². The maximum atomic E-state index is 12.5. The van der Waals surface area contributed by atoms with Crippen molar-refractivity contribution in [1.82, 2.24) is 15.2 Å². The number of aromatic nitrogens is 1. The Morgan fingerprint density at radius 1 is 1.30 bits per heavy atom. The molecule has 1 aliphatic heterocycles. The predicted molar refractivity (Wildman–Crippen MR) is 90.1 cm³/mol. The smallest absolute Gasteiger partial charge is 0.322 e. The molecule has 6 heteroatoms. The zero-order valence-electron chi connectivity index (χ0n) is 13.9. The molecule has 0 aromatic carbocycles. The number of nitrogens with one attached hydrogen (secondary N) is 2. The summed E-state index contributed by atoms with van der Waals surface area (Å²) in [6.07, 6.45) is 7.00. The highest BCUT2D eigenvalue weighted by molar-refractivity contribution is 5.90. The van der Waals surface area contributed by atoms with E-state index >= 15 is 0 Å². The summed E-state index contributed by atoms with van der Waals surface area (Å²) in [4.78, 5) is 30.4. The quantitative estimate of drug-likeness (QED) is 0.820. The molecular formula is C17H26N4O2. The van der Waals surface area contributed by atoms with Crippen molar-refractivity contribution in [3.63, 3.8) is 0 Å². The summed E-state index contributed by atoms with van der Waals surface area (Å²) < 4.78 is 0. The molecule has 1 fully saturated rings. The number of hydrogen-bond donors (Lipinski definition) is 2. The standard InChI is InChI=1S/C17H26N4O2/c1-3-4-9-19-16(22)14-6-5-13(2)21(12-14)17(23)20-15-7-10-18-11-8-15/h7-8,10-11,13-14H,3-6,9,12H2,1-2H3,(H,19,22)(H,18,20,23)/t13-,14-/m0/s1. The molecule has 23 heavy (non-hydrogen) atoms. The number of rotatable bonds is 5. The maximum absolute atomic E-state index is 12.5. The molecule has 2 rings (SSSR count). The molecule has 6 nitrogen and oxygen atoms in total. The first-order valence-corrected chi connectivity index (χ1v) is 8.37. The van der Waals surface area contributed by atoms with Gasteiger partial charge in [0.25, 0.3) is 0 Å². The van der Waals surface area contributed by atoms with Crippen molar-refractivity contribution >= 4 is 17.6 Å². The minimum absolute atomic E-state index is 0.0621. The molecule has 0 radical (unpaired) electrons. The van der Waals surface area contributed by atoms with Crippen LogP contribution in [0.5, 0.6) is 0 Å². The highest BCUT2D eigenvalue weighted by Gasteiger charge is 2.32. The van der Waals surface area contributed by atoms with Crippen LogP contribution in [-0.2, 0) is 4.79 Å². The zero-order valence-corrected chi connectivity index (χ0v) is 13.9. The van der Waals surface area contributed by atoms with Crippen LogP contribution in [-0.4, -0.2) is 41.0 Å². The minimum Gasteiger partial charge on any atom is -0.356 e. The highest BCUT2D eigenvalue weighted by atomic mass is 16.2. The van der Waals surface area contributed by atoms with Gasteiger partial charge in [0.2, 0.25) is 5.91 Å². The Morgan fingerprint density at radius 2 is 2.04 bits per heavy atom. The van der Waals surface area contributed by atoms with Crippen LogP contribution in [0.25, 0.3) is 0 Å². The fourth-order valence-corrected chi connectivity index (χ4v) is 2.77. The molecule has 3 amide bonds. The number of anilines is 1. The summed E-state index contributed by atoms with van der Waals surface area (Å²) >= 11 is 0. The van der Waals surface area contributed by atoms with Gasteiger partial charge < -0.3 is 15.5 Å². The number of pyridine rings is 1. The average Bonchev–Trinajstić information content (AvgIpc) is 2.56. The number of amides is 3. The van der Waals surface area contributed by atoms with Gasteiger partial charge in [-0.3, -0.25) is 9.78 Å². The first-order valence-electron chi connectivity index (χ1n) is 8.37. The minimum atomic E-state index is -0.158. The zero-order chi connectivity index (χ0) is 16.7. The SMILES string of the molecule is CCCCNC(=O)[C@H]1CC[C@H](C)N(C(=O)Nc2ccncc2)C1. The first kappa shape index (κ1) is 17.2. The van der Waals surface area contributed by atoms with Gasteiger partial charge in [0.1, 0.15) is 0 Å². The topological polar surface area (TPSA) is 74.3 Å². The van der Waals surface area contributed by atoms with Gasteiger partial charge in [-0.25, -0.2) is 4.79 Å². The van der Waals surface area contributed by atoms with Gasteiger partial charge in [-0.2, -0.15) is 0 Å². The maximum Gasteiger partial charge on any atom is 0.322 e. The van der Waals surface area contributed by atoms with E-state index in [1.165, 1.54) is 0 Å². The average molecular weight is 318 g/mol. The summed E-state index contributed by atoms with van der Waals surface area (Å²) in [5.41, 5.74) is 0.715. The van der Waals surface area contributed by atoms with Gasteiger partial charge >= 0.3 is 6.03 Å². The summed E-state index contributed by atoms with van der Waals surface area (Å²) in [7, 11) is 0. The molecule has 0 aliphatic carbocycles. The van der Waals surface area contributed by atoms with Crippen LogP contribution in [0, 0.1) is 5.92 Å². The Bertz CT molecular complexity index is 521. The molecule has 2 atom stereocenters. The van der Waals surface area contributed by atoms with E-state index in [0.29, 0.717) is 18.8 Å². The van der Waals surface area contributed by atoms with E-state index in [1.54, 1.807) is 29.4 Å². The van der Waals surface area contributed by atoms with E-state index in [4.69, 9.17) is 0 Å². The Labute approximate surface area is 137 Å². The molecular weight excluding hydrogens is 292 g/mol. The Morgan fingerprint density at radius 3 is 2.74 bits per heavy atom. The lowest BCUT2D eigenvalue weighted by atomic mass is 9.93.